The van der Waals surface area contributed by atoms with Gasteiger partial charge in [-0.15, -0.1) is 0 Å². The summed E-state index contributed by atoms with van der Waals surface area (Å²) in [5.41, 5.74) is 0.993. The van der Waals surface area contributed by atoms with Gasteiger partial charge in [0, 0.05) is 20.6 Å². The standard InChI is InChI=1S/C16H24N2O2/c1-12-9-10-18(11-14(12)19)15(16(20)17(2)3)13-7-5-4-6-8-13/h4-8,12,14-15,19H,9-11H2,1-3H3. The van der Waals surface area contributed by atoms with Crippen LogP contribution in [0, 0.1) is 5.92 Å². The number of carbonyl (C=O) groups is 1. The molecule has 1 aliphatic heterocycles. The molecule has 1 aromatic carbocycles. The Morgan fingerprint density at radius 3 is 2.55 bits per heavy atom. The third-order valence-corrected chi connectivity index (χ3v) is 4.11. The highest BCUT2D eigenvalue weighted by molar-refractivity contribution is 5.82. The fourth-order valence-corrected chi connectivity index (χ4v) is 2.70. The molecule has 1 amide bonds. The molecule has 1 fully saturated rings. The second-order valence-corrected chi connectivity index (χ2v) is 5.87. The highest BCUT2D eigenvalue weighted by Gasteiger charge is 2.34. The van der Waals surface area contributed by atoms with E-state index >= 15 is 0 Å². The van der Waals surface area contributed by atoms with E-state index in [0.29, 0.717) is 12.5 Å². The normalized spacial score (nSPS) is 25.2. The Bertz CT molecular complexity index is 447. The number of likely N-dealkylation sites (tertiary alicyclic amines) is 1. The van der Waals surface area contributed by atoms with Crippen LogP contribution in [0.4, 0.5) is 0 Å². The maximum absolute atomic E-state index is 12.5. The van der Waals surface area contributed by atoms with Gasteiger partial charge >= 0.3 is 0 Å². The smallest absolute Gasteiger partial charge is 0.244 e. The van der Waals surface area contributed by atoms with E-state index < -0.39 is 0 Å². The third-order valence-electron chi connectivity index (χ3n) is 4.11. The predicted molar refractivity (Wildman–Crippen MR) is 79.2 cm³/mol. The van der Waals surface area contributed by atoms with Gasteiger partial charge in [-0.05, 0) is 24.4 Å². The summed E-state index contributed by atoms with van der Waals surface area (Å²) in [5, 5.41) is 10.1. The Morgan fingerprint density at radius 1 is 1.35 bits per heavy atom. The zero-order valence-corrected chi connectivity index (χ0v) is 12.5. The summed E-state index contributed by atoms with van der Waals surface area (Å²) in [6.45, 7) is 3.46. The molecule has 4 nitrogen and oxygen atoms in total. The Morgan fingerprint density at radius 2 is 2.00 bits per heavy atom. The average Bonchev–Trinajstić information content (AvgIpc) is 2.44. The molecular formula is C16H24N2O2. The lowest BCUT2D eigenvalue weighted by Gasteiger charge is -2.39. The highest BCUT2D eigenvalue weighted by atomic mass is 16.3. The van der Waals surface area contributed by atoms with Crippen LogP contribution >= 0.6 is 0 Å². The largest absolute Gasteiger partial charge is 0.392 e. The summed E-state index contributed by atoms with van der Waals surface area (Å²) in [7, 11) is 3.56. The molecule has 4 heteroatoms. The quantitative estimate of drug-likeness (QED) is 0.910. The van der Waals surface area contributed by atoms with E-state index in [2.05, 4.69) is 11.8 Å². The molecule has 1 aliphatic rings. The van der Waals surface area contributed by atoms with E-state index in [1.165, 1.54) is 0 Å². The summed E-state index contributed by atoms with van der Waals surface area (Å²) in [5.74, 6) is 0.370. The predicted octanol–water partition coefficient (Wildman–Crippen LogP) is 1.52. The molecule has 3 unspecified atom stereocenters. The molecule has 0 spiro atoms. The number of likely N-dealkylation sites (N-methyl/N-ethyl adjacent to an activating group) is 1. The van der Waals surface area contributed by atoms with Crippen molar-refractivity contribution in [3.63, 3.8) is 0 Å². The number of benzene rings is 1. The number of nitrogens with zero attached hydrogens (tertiary/aromatic N) is 2. The van der Waals surface area contributed by atoms with Crippen LogP contribution in [0.15, 0.2) is 30.3 Å². The third kappa shape index (κ3) is 3.19. The number of hydrogen-bond acceptors (Lipinski definition) is 3. The van der Waals surface area contributed by atoms with Gasteiger partial charge < -0.3 is 10.0 Å². The van der Waals surface area contributed by atoms with Crippen molar-refractivity contribution >= 4 is 5.91 Å². The number of carbonyl (C=O) groups excluding carboxylic acids is 1. The Balaban J connectivity index is 2.26. The number of rotatable bonds is 3. The minimum absolute atomic E-state index is 0.0675. The van der Waals surface area contributed by atoms with Crippen molar-refractivity contribution in [3.8, 4) is 0 Å². The maximum Gasteiger partial charge on any atom is 0.244 e. The van der Waals surface area contributed by atoms with E-state index in [4.69, 9.17) is 0 Å². The van der Waals surface area contributed by atoms with Crippen LogP contribution in [0.2, 0.25) is 0 Å². The van der Waals surface area contributed by atoms with E-state index in [1.807, 2.05) is 30.3 Å². The lowest BCUT2D eigenvalue weighted by atomic mass is 9.93. The van der Waals surface area contributed by atoms with Gasteiger partial charge in [0.1, 0.15) is 6.04 Å². The number of aliphatic hydroxyl groups is 1. The molecule has 3 atom stereocenters. The van der Waals surface area contributed by atoms with Crippen LogP contribution in [0.1, 0.15) is 24.9 Å². The number of β-amino-alcohol motifs (C(OH)–C–C–N with tert-alkyl or cyclic N) is 1. The molecule has 1 heterocycles. The number of hydrogen-bond donors (Lipinski definition) is 1. The van der Waals surface area contributed by atoms with Gasteiger partial charge in [-0.1, -0.05) is 37.3 Å². The molecule has 1 N–H and O–H groups in total. The fraction of sp³-hybridized carbons (Fsp3) is 0.562. The van der Waals surface area contributed by atoms with Crippen molar-refractivity contribution in [2.75, 3.05) is 27.2 Å². The molecule has 2 rings (SSSR count). The Hall–Kier alpha value is -1.39. The summed E-state index contributed by atoms with van der Waals surface area (Å²) >= 11 is 0. The van der Waals surface area contributed by atoms with Crippen molar-refractivity contribution < 1.29 is 9.90 Å². The molecule has 0 bridgehead atoms. The van der Waals surface area contributed by atoms with E-state index in [9.17, 15) is 9.90 Å². The number of aliphatic hydroxyl groups excluding tert-OH is 1. The van der Waals surface area contributed by atoms with E-state index in [1.54, 1.807) is 19.0 Å². The van der Waals surface area contributed by atoms with Crippen molar-refractivity contribution in [2.24, 2.45) is 5.92 Å². The molecule has 0 radical (unpaired) electrons. The first-order valence-corrected chi connectivity index (χ1v) is 7.19. The van der Waals surface area contributed by atoms with Crippen LogP contribution in [0.3, 0.4) is 0 Å². The fourth-order valence-electron chi connectivity index (χ4n) is 2.70. The summed E-state index contributed by atoms with van der Waals surface area (Å²) < 4.78 is 0. The van der Waals surface area contributed by atoms with Crippen molar-refractivity contribution in [3.05, 3.63) is 35.9 Å². The first kappa shape index (κ1) is 15.0. The molecule has 110 valence electrons. The van der Waals surface area contributed by atoms with Crippen LogP contribution in [0.25, 0.3) is 0 Å². The molecule has 1 saturated heterocycles. The first-order valence-electron chi connectivity index (χ1n) is 7.19. The first-order chi connectivity index (χ1) is 9.50. The van der Waals surface area contributed by atoms with Crippen LogP contribution < -0.4 is 0 Å². The molecular weight excluding hydrogens is 252 g/mol. The van der Waals surface area contributed by atoms with Gasteiger partial charge in [-0.3, -0.25) is 9.69 Å². The van der Waals surface area contributed by atoms with Gasteiger partial charge in [0.25, 0.3) is 0 Å². The average molecular weight is 276 g/mol. The van der Waals surface area contributed by atoms with E-state index in [-0.39, 0.29) is 18.1 Å². The SMILES string of the molecule is CC1CCN(C(C(=O)N(C)C)c2ccccc2)CC1O. The monoisotopic (exact) mass is 276 g/mol. The van der Waals surface area contributed by atoms with E-state index in [0.717, 1.165) is 18.5 Å². The van der Waals surface area contributed by atoms with Crippen LogP contribution in [0.5, 0.6) is 0 Å². The second-order valence-electron chi connectivity index (χ2n) is 5.87. The maximum atomic E-state index is 12.5. The Labute approximate surface area is 121 Å². The Kier molecular flexibility index (Phi) is 4.78. The van der Waals surface area contributed by atoms with Gasteiger partial charge in [0.15, 0.2) is 0 Å². The van der Waals surface area contributed by atoms with Gasteiger partial charge in [0.2, 0.25) is 5.91 Å². The summed E-state index contributed by atoms with van der Waals surface area (Å²) in [6, 6.07) is 9.52. The lowest BCUT2D eigenvalue weighted by molar-refractivity contribution is -0.136. The lowest BCUT2D eigenvalue weighted by Crippen LogP contribution is -2.48. The zero-order chi connectivity index (χ0) is 14.7. The molecule has 0 aromatic heterocycles. The topological polar surface area (TPSA) is 43.8 Å². The van der Waals surface area contributed by atoms with Gasteiger partial charge in [-0.25, -0.2) is 0 Å². The molecule has 0 aliphatic carbocycles. The summed E-state index contributed by atoms with van der Waals surface area (Å²) in [6.07, 6.45) is 0.565. The minimum atomic E-state index is -0.357. The zero-order valence-electron chi connectivity index (χ0n) is 12.5. The number of piperidine rings is 1. The molecule has 20 heavy (non-hydrogen) atoms. The van der Waals surface area contributed by atoms with Crippen molar-refractivity contribution in [1.29, 1.82) is 0 Å². The van der Waals surface area contributed by atoms with Crippen LogP contribution in [-0.4, -0.2) is 54.1 Å². The second kappa shape index (κ2) is 6.37. The summed E-state index contributed by atoms with van der Waals surface area (Å²) in [4.78, 5) is 16.3. The minimum Gasteiger partial charge on any atom is -0.392 e. The van der Waals surface area contributed by atoms with Crippen LogP contribution in [-0.2, 0) is 4.79 Å². The highest BCUT2D eigenvalue weighted by Crippen LogP contribution is 2.28. The van der Waals surface area contributed by atoms with Gasteiger partial charge in [0.05, 0.1) is 6.10 Å². The molecule has 0 saturated carbocycles. The van der Waals surface area contributed by atoms with Gasteiger partial charge in [-0.2, -0.15) is 0 Å². The number of amides is 1. The molecule has 1 aromatic rings. The van der Waals surface area contributed by atoms with Crippen molar-refractivity contribution in [2.45, 2.75) is 25.5 Å². The van der Waals surface area contributed by atoms with Crippen molar-refractivity contribution in [1.82, 2.24) is 9.80 Å².